The molecule has 23 heavy (non-hydrogen) atoms. The van der Waals surface area contributed by atoms with E-state index in [0.29, 0.717) is 10.2 Å². The maximum absolute atomic E-state index is 11.6. The summed E-state index contributed by atoms with van der Waals surface area (Å²) in [4.78, 5) is 25.6. The average molecular weight is 379 g/mol. The lowest BCUT2D eigenvalue weighted by Gasteiger charge is -2.06. The van der Waals surface area contributed by atoms with E-state index in [0.717, 1.165) is 5.56 Å². The summed E-state index contributed by atoms with van der Waals surface area (Å²) in [6.45, 7) is -0.274. The summed E-state index contributed by atoms with van der Waals surface area (Å²) in [5, 5.41) is 14.4. The van der Waals surface area contributed by atoms with Crippen LogP contribution in [-0.4, -0.2) is 28.6 Å². The minimum absolute atomic E-state index is 0.0735. The number of non-ortho nitro benzene ring substituents is 1. The molecular weight excluding hydrogens is 368 g/mol. The molecule has 0 aliphatic rings. The molecule has 118 valence electrons. The minimum Gasteiger partial charge on any atom is -0.483 e. The number of carbonyl (C=O) groups is 1. The van der Waals surface area contributed by atoms with Gasteiger partial charge in [-0.3, -0.25) is 19.9 Å². The number of pyridine rings is 1. The Morgan fingerprint density at radius 1 is 1.39 bits per heavy atom. The highest BCUT2D eigenvalue weighted by Crippen LogP contribution is 2.28. The lowest BCUT2D eigenvalue weighted by Crippen LogP contribution is -2.24. The molecule has 0 aliphatic carbocycles. The molecule has 2 rings (SSSR count). The van der Waals surface area contributed by atoms with Gasteiger partial charge in [0.05, 0.1) is 15.6 Å². The summed E-state index contributed by atoms with van der Waals surface area (Å²) in [6.07, 6.45) is 4.69. The first-order valence-corrected chi connectivity index (χ1v) is 7.14. The Morgan fingerprint density at radius 2 is 2.13 bits per heavy atom. The molecule has 0 saturated heterocycles. The summed E-state index contributed by atoms with van der Waals surface area (Å²) >= 11 is 3.15. The maximum atomic E-state index is 11.6. The number of nitrogens with one attached hydrogen (secondary N) is 1. The van der Waals surface area contributed by atoms with Crippen LogP contribution in [0.4, 0.5) is 5.69 Å². The number of hydrogen-bond donors (Lipinski definition) is 1. The first-order valence-electron chi connectivity index (χ1n) is 6.35. The van der Waals surface area contributed by atoms with Crippen molar-refractivity contribution in [1.82, 2.24) is 10.4 Å². The summed E-state index contributed by atoms with van der Waals surface area (Å²) in [6, 6.07) is 7.48. The molecule has 0 radical (unpaired) electrons. The summed E-state index contributed by atoms with van der Waals surface area (Å²) < 4.78 is 5.66. The number of hydrogen-bond acceptors (Lipinski definition) is 6. The molecule has 0 atom stereocenters. The zero-order chi connectivity index (χ0) is 16.7. The molecule has 0 bridgehead atoms. The highest BCUT2D eigenvalue weighted by atomic mass is 79.9. The van der Waals surface area contributed by atoms with Crippen LogP contribution in [0.15, 0.2) is 52.3 Å². The zero-order valence-electron chi connectivity index (χ0n) is 11.7. The van der Waals surface area contributed by atoms with E-state index < -0.39 is 10.8 Å². The van der Waals surface area contributed by atoms with E-state index in [-0.39, 0.29) is 12.3 Å². The Balaban J connectivity index is 1.85. The molecule has 0 saturated carbocycles. The second kappa shape index (κ2) is 7.99. The van der Waals surface area contributed by atoms with Crippen molar-refractivity contribution in [3.05, 3.63) is 62.9 Å². The topological polar surface area (TPSA) is 107 Å². The van der Waals surface area contributed by atoms with Gasteiger partial charge in [0.25, 0.3) is 11.6 Å². The van der Waals surface area contributed by atoms with Gasteiger partial charge in [0.1, 0.15) is 5.75 Å². The first kappa shape index (κ1) is 16.6. The molecule has 1 heterocycles. The quantitative estimate of drug-likeness (QED) is 0.471. The molecule has 0 spiro atoms. The molecule has 0 fully saturated rings. The van der Waals surface area contributed by atoms with E-state index in [1.807, 2.05) is 0 Å². The predicted molar refractivity (Wildman–Crippen MR) is 86.3 cm³/mol. The van der Waals surface area contributed by atoms with E-state index in [4.69, 9.17) is 4.74 Å². The second-order valence-corrected chi connectivity index (χ2v) is 5.09. The van der Waals surface area contributed by atoms with Crippen LogP contribution in [0, 0.1) is 10.1 Å². The predicted octanol–water partition coefficient (Wildman–Crippen LogP) is 2.28. The molecule has 1 amide bonds. The van der Waals surface area contributed by atoms with Crippen LogP contribution in [0.1, 0.15) is 5.56 Å². The monoisotopic (exact) mass is 378 g/mol. The summed E-state index contributed by atoms with van der Waals surface area (Å²) in [5.41, 5.74) is 3.03. The third-order valence-electron chi connectivity index (χ3n) is 2.59. The molecule has 8 nitrogen and oxygen atoms in total. The molecule has 1 aromatic carbocycles. The van der Waals surface area contributed by atoms with Crippen molar-refractivity contribution < 1.29 is 14.5 Å². The zero-order valence-corrected chi connectivity index (χ0v) is 13.3. The first-order chi connectivity index (χ1) is 11.1. The van der Waals surface area contributed by atoms with Crippen molar-refractivity contribution in [1.29, 1.82) is 0 Å². The molecule has 0 aliphatic heterocycles. The number of nitro groups is 1. The minimum atomic E-state index is -0.519. The standard InChI is InChI=1S/C14H11BrN4O4/c15-12-7-11(19(21)22)1-2-13(12)23-9-14(20)18-17-8-10-3-5-16-6-4-10/h1-8H,9H2,(H,18,20)/b17-8+. The van der Waals surface area contributed by atoms with Gasteiger partial charge in [-0.1, -0.05) is 0 Å². The van der Waals surface area contributed by atoms with Gasteiger partial charge in [-0.15, -0.1) is 0 Å². The van der Waals surface area contributed by atoms with Crippen LogP contribution in [0.2, 0.25) is 0 Å². The van der Waals surface area contributed by atoms with Gasteiger partial charge >= 0.3 is 0 Å². The van der Waals surface area contributed by atoms with E-state index in [9.17, 15) is 14.9 Å². The Labute approximate surface area is 139 Å². The van der Waals surface area contributed by atoms with Crippen molar-refractivity contribution in [2.75, 3.05) is 6.61 Å². The third-order valence-corrected chi connectivity index (χ3v) is 3.21. The third kappa shape index (κ3) is 5.15. The molecule has 9 heteroatoms. The average Bonchev–Trinajstić information content (AvgIpc) is 2.54. The fraction of sp³-hybridized carbons (Fsp3) is 0.0714. The van der Waals surface area contributed by atoms with Gasteiger partial charge in [0, 0.05) is 24.5 Å². The Bertz CT molecular complexity index is 737. The van der Waals surface area contributed by atoms with E-state index in [1.165, 1.54) is 24.4 Å². The number of amides is 1. The number of carbonyl (C=O) groups excluding carboxylic acids is 1. The number of halogens is 1. The van der Waals surface area contributed by atoms with Crippen LogP contribution >= 0.6 is 15.9 Å². The second-order valence-electron chi connectivity index (χ2n) is 4.23. The van der Waals surface area contributed by atoms with Gasteiger partial charge in [0.15, 0.2) is 6.61 Å². The van der Waals surface area contributed by atoms with Crippen molar-refractivity contribution in [2.45, 2.75) is 0 Å². The number of ether oxygens (including phenoxy) is 1. The van der Waals surface area contributed by atoms with E-state index in [1.54, 1.807) is 24.5 Å². The van der Waals surface area contributed by atoms with Crippen LogP contribution in [0.25, 0.3) is 0 Å². The fourth-order valence-corrected chi connectivity index (χ4v) is 2.01. The largest absolute Gasteiger partial charge is 0.483 e. The normalized spacial score (nSPS) is 10.5. The number of nitro benzene ring substituents is 1. The molecule has 1 aromatic heterocycles. The van der Waals surface area contributed by atoms with E-state index >= 15 is 0 Å². The molecular formula is C14H11BrN4O4. The molecule has 2 aromatic rings. The van der Waals surface area contributed by atoms with Crippen LogP contribution in [0.5, 0.6) is 5.75 Å². The Hall–Kier alpha value is -2.81. The van der Waals surface area contributed by atoms with Gasteiger partial charge < -0.3 is 4.74 Å². The smallest absolute Gasteiger partial charge is 0.277 e. The number of rotatable bonds is 6. The fourth-order valence-electron chi connectivity index (χ4n) is 1.52. The Kier molecular flexibility index (Phi) is 5.75. The highest BCUT2D eigenvalue weighted by Gasteiger charge is 2.11. The van der Waals surface area contributed by atoms with Gasteiger partial charge in [-0.05, 0) is 39.7 Å². The maximum Gasteiger partial charge on any atom is 0.277 e. The number of aromatic nitrogens is 1. The van der Waals surface area contributed by atoms with Crippen molar-refractivity contribution in [3.8, 4) is 5.75 Å². The molecule has 0 unspecified atom stereocenters. The Morgan fingerprint density at radius 3 is 2.78 bits per heavy atom. The summed E-state index contributed by atoms with van der Waals surface area (Å²) in [7, 11) is 0. The number of nitrogens with zero attached hydrogens (tertiary/aromatic N) is 3. The highest BCUT2D eigenvalue weighted by molar-refractivity contribution is 9.10. The van der Waals surface area contributed by atoms with Crippen molar-refractivity contribution >= 4 is 33.7 Å². The number of hydrazone groups is 1. The molecule has 1 N–H and O–H groups in total. The van der Waals surface area contributed by atoms with Gasteiger partial charge in [0.2, 0.25) is 0 Å². The van der Waals surface area contributed by atoms with Gasteiger partial charge in [-0.2, -0.15) is 5.10 Å². The van der Waals surface area contributed by atoms with Crippen LogP contribution in [0.3, 0.4) is 0 Å². The lowest BCUT2D eigenvalue weighted by atomic mass is 10.3. The SMILES string of the molecule is O=C(COc1ccc([N+](=O)[O-])cc1Br)N/N=C/c1ccncc1. The lowest BCUT2D eigenvalue weighted by molar-refractivity contribution is -0.384. The van der Waals surface area contributed by atoms with E-state index in [2.05, 4.69) is 31.4 Å². The van der Waals surface area contributed by atoms with Crippen molar-refractivity contribution in [3.63, 3.8) is 0 Å². The van der Waals surface area contributed by atoms with Crippen LogP contribution in [-0.2, 0) is 4.79 Å². The number of benzene rings is 1. The van der Waals surface area contributed by atoms with Gasteiger partial charge in [-0.25, -0.2) is 5.43 Å². The van der Waals surface area contributed by atoms with Crippen LogP contribution < -0.4 is 10.2 Å². The summed E-state index contributed by atoms with van der Waals surface area (Å²) in [5.74, 6) is -0.135. The van der Waals surface area contributed by atoms with Crippen molar-refractivity contribution in [2.24, 2.45) is 5.10 Å².